The Morgan fingerprint density at radius 1 is 1.40 bits per heavy atom. The van der Waals surface area contributed by atoms with Gasteiger partial charge in [-0.25, -0.2) is 0 Å². The highest BCUT2D eigenvalue weighted by Gasteiger charge is 2.23. The number of carbonyl (C=O) groups is 1. The number of amides is 1. The molecule has 20 heavy (non-hydrogen) atoms. The van der Waals surface area contributed by atoms with Gasteiger partial charge in [-0.05, 0) is 50.5 Å². The molecule has 1 aromatic rings. The lowest BCUT2D eigenvalue weighted by Crippen LogP contribution is -2.41. The Labute approximate surface area is 119 Å². The van der Waals surface area contributed by atoms with Crippen molar-refractivity contribution >= 4 is 5.91 Å². The van der Waals surface area contributed by atoms with Crippen molar-refractivity contribution in [3.8, 4) is 0 Å². The second kappa shape index (κ2) is 7.33. The second-order valence-electron chi connectivity index (χ2n) is 5.47. The fourth-order valence-electron chi connectivity index (χ4n) is 2.51. The Kier molecular flexibility index (Phi) is 5.46. The van der Waals surface area contributed by atoms with Crippen molar-refractivity contribution < 1.29 is 4.79 Å². The first-order valence-corrected chi connectivity index (χ1v) is 7.36. The minimum atomic E-state index is 0.0899. The Morgan fingerprint density at radius 3 is 2.75 bits per heavy atom. The number of hydrogen-bond donors (Lipinski definition) is 0. The molecule has 0 aromatic carbocycles. The summed E-state index contributed by atoms with van der Waals surface area (Å²) in [5, 5.41) is 11.2. The van der Waals surface area contributed by atoms with Gasteiger partial charge < -0.3 is 9.80 Å². The maximum atomic E-state index is 12.1. The summed E-state index contributed by atoms with van der Waals surface area (Å²) in [6, 6.07) is 0. The summed E-state index contributed by atoms with van der Waals surface area (Å²) < 4.78 is 0. The highest BCUT2D eigenvalue weighted by Crippen LogP contribution is 2.20. The van der Waals surface area contributed by atoms with Crippen LogP contribution in [0, 0.1) is 5.92 Å². The van der Waals surface area contributed by atoms with Crippen LogP contribution in [-0.2, 0) is 11.3 Å². The van der Waals surface area contributed by atoms with E-state index in [-0.39, 0.29) is 12.5 Å². The van der Waals surface area contributed by atoms with Crippen LogP contribution in [-0.4, -0.2) is 69.1 Å². The predicted molar refractivity (Wildman–Crippen MR) is 74.9 cm³/mol. The number of rotatable bonds is 6. The van der Waals surface area contributed by atoms with E-state index in [1.165, 1.54) is 17.5 Å². The van der Waals surface area contributed by atoms with E-state index < -0.39 is 0 Å². The number of aromatic nitrogens is 4. The largest absolute Gasteiger partial charge is 0.341 e. The topological polar surface area (TPSA) is 67.2 Å². The maximum absolute atomic E-state index is 12.1. The molecular formula is C13H24N6O. The third-order valence-corrected chi connectivity index (χ3v) is 4.09. The average molecular weight is 280 g/mol. The van der Waals surface area contributed by atoms with Gasteiger partial charge in [-0.15, -0.1) is 10.2 Å². The van der Waals surface area contributed by atoms with Gasteiger partial charge in [0.1, 0.15) is 6.54 Å². The van der Waals surface area contributed by atoms with Crippen molar-refractivity contribution in [3.05, 3.63) is 6.33 Å². The third kappa shape index (κ3) is 4.26. The lowest BCUT2D eigenvalue weighted by Gasteiger charge is -2.32. The molecule has 0 unspecified atom stereocenters. The van der Waals surface area contributed by atoms with Crippen LogP contribution in [0.15, 0.2) is 6.33 Å². The molecular weight excluding hydrogens is 256 g/mol. The highest BCUT2D eigenvalue weighted by molar-refractivity contribution is 5.75. The van der Waals surface area contributed by atoms with E-state index in [0.29, 0.717) is 0 Å². The van der Waals surface area contributed by atoms with E-state index in [9.17, 15) is 4.79 Å². The summed E-state index contributed by atoms with van der Waals surface area (Å²) in [6.45, 7) is 6.34. The summed E-state index contributed by atoms with van der Waals surface area (Å²) in [5.41, 5.74) is 0. The Bertz CT molecular complexity index is 399. The molecule has 0 N–H and O–H groups in total. The number of hydrogen-bond acceptors (Lipinski definition) is 5. The van der Waals surface area contributed by atoms with Crippen LogP contribution in [0.5, 0.6) is 0 Å². The molecule has 1 saturated heterocycles. The molecule has 1 aliphatic rings. The second-order valence-corrected chi connectivity index (χ2v) is 5.47. The van der Waals surface area contributed by atoms with Gasteiger partial charge in [-0.1, -0.05) is 6.92 Å². The molecule has 1 aliphatic heterocycles. The van der Waals surface area contributed by atoms with Crippen LogP contribution in [0.2, 0.25) is 0 Å². The van der Waals surface area contributed by atoms with Crippen molar-refractivity contribution in [3.63, 3.8) is 0 Å². The van der Waals surface area contributed by atoms with Gasteiger partial charge in [-0.3, -0.25) is 4.79 Å². The van der Waals surface area contributed by atoms with Crippen molar-refractivity contribution in [2.45, 2.75) is 32.7 Å². The first kappa shape index (κ1) is 14.9. The number of piperidine rings is 1. The zero-order chi connectivity index (χ0) is 14.4. The summed E-state index contributed by atoms with van der Waals surface area (Å²) >= 11 is 0. The van der Waals surface area contributed by atoms with Gasteiger partial charge in [0.2, 0.25) is 5.91 Å². The molecule has 112 valence electrons. The van der Waals surface area contributed by atoms with Crippen LogP contribution < -0.4 is 0 Å². The monoisotopic (exact) mass is 280 g/mol. The lowest BCUT2D eigenvalue weighted by molar-refractivity contribution is -0.133. The van der Waals surface area contributed by atoms with E-state index in [2.05, 4.69) is 34.3 Å². The molecule has 7 nitrogen and oxygen atoms in total. The van der Waals surface area contributed by atoms with E-state index in [0.717, 1.165) is 44.9 Å². The molecule has 0 aliphatic carbocycles. The minimum Gasteiger partial charge on any atom is -0.341 e. The Hall–Kier alpha value is -1.50. The highest BCUT2D eigenvalue weighted by atomic mass is 16.2. The fourth-order valence-corrected chi connectivity index (χ4v) is 2.51. The number of likely N-dealkylation sites (tertiary alicyclic amines) is 1. The summed E-state index contributed by atoms with van der Waals surface area (Å²) in [7, 11) is 2.16. The minimum absolute atomic E-state index is 0.0899. The van der Waals surface area contributed by atoms with Crippen LogP contribution in [0.3, 0.4) is 0 Å². The first-order chi connectivity index (χ1) is 9.69. The van der Waals surface area contributed by atoms with E-state index >= 15 is 0 Å². The molecule has 0 spiro atoms. The quantitative estimate of drug-likeness (QED) is 0.747. The molecule has 2 heterocycles. The lowest BCUT2D eigenvalue weighted by atomic mass is 9.93. The molecule has 0 saturated carbocycles. The molecule has 7 heteroatoms. The molecule has 1 amide bonds. The van der Waals surface area contributed by atoms with Gasteiger partial charge in [0.05, 0.1) is 0 Å². The van der Waals surface area contributed by atoms with E-state index in [1.807, 2.05) is 4.90 Å². The Morgan fingerprint density at radius 2 is 2.15 bits per heavy atom. The van der Waals surface area contributed by atoms with Crippen molar-refractivity contribution in [1.29, 1.82) is 0 Å². The first-order valence-electron chi connectivity index (χ1n) is 7.36. The number of tetrazole rings is 1. The number of nitrogens with zero attached hydrogens (tertiary/aromatic N) is 6. The predicted octanol–water partition coefficient (Wildman–Crippen LogP) is 0.254. The SMILES string of the molecule is CCN(C)CCC1CCN(C(=O)Cn2ncnn2)CC1. The smallest absolute Gasteiger partial charge is 0.246 e. The maximum Gasteiger partial charge on any atom is 0.246 e. The summed E-state index contributed by atoms with van der Waals surface area (Å²) in [4.78, 5) is 17.7. The van der Waals surface area contributed by atoms with Crippen LogP contribution in [0.25, 0.3) is 0 Å². The summed E-state index contributed by atoms with van der Waals surface area (Å²) in [6.07, 6.45) is 4.79. The van der Waals surface area contributed by atoms with Crippen molar-refractivity contribution in [1.82, 2.24) is 30.0 Å². The van der Waals surface area contributed by atoms with Gasteiger partial charge in [-0.2, -0.15) is 4.80 Å². The molecule has 1 aromatic heterocycles. The molecule has 1 fully saturated rings. The fraction of sp³-hybridized carbons (Fsp3) is 0.846. The third-order valence-electron chi connectivity index (χ3n) is 4.09. The number of carbonyl (C=O) groups excluding carboxylic acids is 1. The molecule has 0 atom stereocenters. The van der Waals surface area contributed by atoms with E-state index in [1.54, 1.807) is 0 Å². The normalized spacial score (nSPS) is 16.9. The zero-order valence-electron chi connectivity index (χ0n) is 12.4. The zero-order valence-corrected chi connectivity index (χ0v) is 12.4. The van der Waals surface area contributed by atoms with Gasteiger partial charge in [0.25, 0.3) is 0 Å². The van der Waals surface area contributed by atoms with Gasteiger partial charge in [0.15, 0.2) is 6.33 Å². The van der Waals surface area contributed by atoms with Crippen LogP contribution >= 0.6 is 0 Å². The molecule has 0 radical (unpaired) electrons. The molecule has 2 rings (SSSR count). The van der Waals surface area contributed by atoms with E-state index in [4.69, 9.17) is 0 Å². The van der Waals surface area contributed by atoms with Crippen LogP contribution in [0.4, 0.5) is 0 Å². The van der Waals surface area contributed by atoms with Crippen molar-refractivity contribution in [2.75, 3.05) is 33.2 Å². The Balaban J connectivity index is 1.69. The van der Waals surface area contributed by atoms with Gasteiger partial charge >= 0.3 is 0 Å². The van der Waals surface area contributed by atoms with Crippen molar-refractivity contribution in [2.24, 2.45) is 5.92 Å². The molecule has 0 bridgehead atoms. The standard InChI is InChI=1S/C13H24N6O/c1-3-17(2)7-4-12-5-8-18(9-6-12)13(20)10-19-15-11-14-16-19/h11-12H,3-10H2,1-2H3. The van der Waals surface area contributed by atoms with Gasteiger partial charge in [0, 0.05) is 13.1 Å². The average Bonchev–Trinajstić information content (AvgIpc) is 2.98. The van der Waals surface area contributed by atoms with Crippen LogP contribution in [0.1, 0.15) is 26.2 Å². The summed E-state index contributed by atoms with van der Waals surface area (Å²) in [5.74, 6) is 0.838.